The van der Waals surface area contributed by atoms with Crippen LogP contribution in [0.25, 0.3) is 53.9 Å². The average Bonchev–Trinajstić information content (AvgIpc) is 3.79. The lowest BCUT2D eigenvalue weighted by Gasteiger charge is -2.14. The molecule has 3 heteroatoms. The van der Waals surface area contributed by atoms with Gasteiger partial charge < -0.3 is 4.42 Å². The molecule has 0 atom stereocenters. The van der Waals surface area contributed by atoms with Crippen molar-refractivity contribution >= 4 is 59.8 Å². The van der Waals surface area contributed by atoms with E-state index in [2.05, 4.69) is 99.3 Å². The topological polar surface area (TPSA) is 37.0 Å². The fourth-order valence-electron chi connectivity index (χ4n) is 6.33. The summed E-state index contributed by atoms with van der Waals surface area (Å²) in [5, 5.41) is 12.6. The minimum absolute atomic E-state index is 0.587. The number of nitrogens with one attached hydrogen (secondary N) is 1. The highest BCUT2D eigenvalue weighted by molar-refractivity contribution is 7.25. The molecule has 52 heavy (non-hydrogen) atoms. The molecule has 2 aromatic heterocycles. The van der Waals surface area contributed by atoms with Crippen LogP contribution in [-0.4, -0.2) is 5.71 Å². The molecule has 1 N–H and O–H groups in total. The van der Waals surface area contributed by atoms with Crippen molar-refractivity contribution in [2.75, 3.05) is 0 Å². The van der Waals surface area contributed by atoms with Gasteiger partial charge in [0.1, 0.15) is 11.3 Å². The Morgan fingerprint density at radius 1 is 0.692 bits per heavy atom. The summed E-state index contributed by atoms with van der Waals surface area (Å²) in [7, 11) is 0. The molecule has 0 radical (unpaired) electrons. The van der Waals surface area contributed by atoms with Gasteiger partial charge in [-0.25, -0.2) is 0 Å². The van der Waals surface area contributed by atoms with Crippen LogP contribution in [0.2, 0.25) is 0 Å². The molecular weight excluding hydrogens is 651 g/mol. The summed E-state index contributed by atoms with van der Waals surface area (Å²) < 4.78 is 9.26. The highest BCUT2D eigenvalue weighted by Crippen LogP contribution is 2.45. The van der Waals surface area contributed by atoms with Crippen molar-refractivity contribution in [2.24, 2.45) is 0 Å². The molecule has 7 aromatic rings. The molecule has 1 aliphatic rings. The number of hydrogen-bond acceptors (Lipinski definition) is 3. The van der Waals surface area contributed by atoms with Crippen molar-refractivity contribution in [3.63, 3.8) is 0 Å². The van der Waals surface area contributed by atoms with Crippen molar-refractivity contribution in [1.82, 2.24) is 0 Å². The standard InChI is InChI=1S/C36H27NOS.C7H8.3C2H6/c1-3-10-22(2)25-20-29(26-14-9-16-33-34(26)27-13-7-8-15-32(27)39-33)36-30(21-25)28-19-24(17-18-31(28)38-36)35(37)23-11-5-4-6-12-23;1-7-5-3-2-4-6-7;3*1-2/h3-16,19-21,37H,1,17-18H2,2H3;2-6H,1H3;3*1-2H3/b22-10+,37-35?;;;;. The molecule has 0 fully saturated rings. The van der Waals surface area contributed by atoms with Gasteiger partial charge in [-0.15, -0.1) is 11.3 Å². The van der Waals surface area contributed by atoms with Crippen LogP contribution in [0.3, 0.4) is 0 Å². The van der Waals surface area contributed by atoms with Gasteiger partial charge in [0.2, 0.25) is 0 Å². The Morgan fingerprint density at radius 3 is 1.98 bits per heavy atom. The van der Waals surface area contributed by atoms with E-state index in [0.29, 0.717) is 5.71 Å². The molecule has 2 heterocycles. The van der Waals surface area contributed by atoms with Crippen molar-refractivity contribution < 1.29 is 4.42 Å². The molecule has 0 unspecified atom stereocenters. The molecule has 0 bridgehead atoms. The quantitative estimate of drug-likeness (QED) is 0.141. The maximum Gasteiger partial charge on any atom is 0.142 e. The lowest BCUT2D eigenvalue weighted by atomic mass is 9.89. The predicted octanol–water partition coefficient (Wildman–Crippen LogP) is 15.5. The van der Waals surface area contributed by atoms with Crippen molar-refractivity contribution in [1.29, 1.82) is 5.41 Å². The van der Waals surface area contributed by atoms with E-state index >= 15 is 0 Å². The molecule has 0 amide bonds. The third-order valence-electron chi connectivity index (χ3n) is 8.68. The minimum atomic E-state index is 0.587. The highest BCUT2D eigenvalue weighted by Gasteiger charge is 2.24. The molecule has 2 nitrogen and oxygen atoms in total. The summed E-state index contributed by atoms with van der Waals surface area (Å²) in [5.41, 5.74) is 10.5. The molecule has 0 spiro atoms. The Kier molecular flexibility index (Phi) is 14.7. The number of rotatable bonds is 5. The molecule has 0 aliphatic heterocycles. The van der Waals surface area contributed by atoms with Gasteiger partial charge >= 0.3 is 0 Å². The van der Waals surface area contributed by atoms with E-state index in [1.165, 1.54) is 31.3 Å². The van der Waals surface area contributed by atoms with Gasteiger partial charge in [0.15, 0.2) is 0 Å². The van der Waals surface area contributed by atoms with Crippen molar-refractivity contribution in [3.05, 3.63) is 168 Å². The van der Waals surface area contributed by atoms with Gasteiger partial charge in [0.25, 0.3) is 0 Å². The van der Waals surface area contributed by atoms with Crippen LogP contribution in [-0.2, 0) is 6.42 Å². The van der Waals surface area contributed by atoms with Crippen molar-refractivity contribution in [2.45, 2.75) is 68.2 Å². The first-order valence-electron chi connectivity index (χ1n) is 18.7. The fraction of sp³-hybridized carbons (Fsp3) is 0.204. The summed E-state index contributed by atoms with van der Waals surface area (Å²) in [6, 6.07) is 40.0. The minimum Gasteiger partial charge on any atom is -0.460 e. The average molecular weight is 704 g/mol. The zero-order chi connectivity index (χ0) is 37.6. The Bertz CT molecular complexity index is 2300. The van der Waals surface area contributed by atoms with Crippen LogP contribution in [0.4, 0.5) is 0 Å². The van der Waals surface area contributed by atoms with E-state index < -0.39 is 0 Å². The number of hydrogen-bond donors (Lipinski definition) is 1. The second-order valence-electron chi connectivity index (χ2n) is 11.8. The third kappa shape index (κ3) is 8.61. The molecule has 1 aliphatic carbocycles. The van der Waals surface area contributed by atoms with Crippen molar-refractivity contribution in [3.8, 4) is 11.1 Å². The van der Waals surface area contributed by atoms with Crippen LogP contribution in [0.5, 0.6) is 0 Å². The summed E-state index contributed by atoms with van der Waals surface area (Å²) in [6.07, 6.45) is 7.66. The Balaban J connectivity index is 0.000000404. The second-order valence-corrected chi connectivity index (χ2v) is 12.9. The van der Waals surface area contributed by atoms with E-state index in [1.54, 1.807) is 0 Å². The van der Waals surface area contributed by atoms with Gasteiger partial charge in [-0.2, -0.15) is 0 Å². The maximum atomic E-state index is 8.90. The van der Waals surface area contributed by atoms with Gasteiger partial charge in [0.05, 0.1) is 5.71 Å². The monoisotopic (exact) mass is 703 g/mol. The summed E-state index contributed by atoms with van der Waals surface area (Å²) in [4.78, 5) is 0. The predicted molar refractivity (Wildman–Crippen MR) is 233 cm³/mol. The Labute approximate surface area is 315 Å². The third-order valence-corrected chi connectivity index (χ3v) is 9.82. The number of fused-ring (bicyclic) bond motifs is 6. The number of allylic oxidation sites excluding steroid dienone is 4. The van der Waals surface area contributed by atoms with Crippen LogP contribution < -0.4 is 0 Å². The SMILES string of the molecule is C=C/C=C(\C)c1cc(-c2cccc3sc4ccccc4c23)c2oc3c(c2c1)C=C(C(=N)c1ccccc1)CC3.CC.CC.CC.Cc1ccccc1. The van der Waals surface area contributed by atoms with Crippen LogP contribution in [0.1, 0.15) is 82.9 Å². The smallest absolute Gasteiger partial charge is 0.142 e. The summed E-state index contributed by atoms with van der Waals surface area (Å²) >= 11 is 1.83. The molecule has 0 saturated carbocycles. The van der Waals surface area contributed by atoms with E-state index in [-0.39, 0.29) is 0 Å². The number of furan rings is 1. The molecule has 0 saturated heterocycles. The highest BCUT2D eigenvalue weighted by atomic mass is 32.1. The molecule has 266 valence electrons. The van der Waals surface area contributed by atoms with Gasteiger partial charge in [-0.3, -0.25) is 5.41 Å². The van der Waals surface area contributed by atoms with Crippen LogP contribution >= 0.6 is 11.3 Å². The number of thiophene rings is 1. The van der Waals surface area contributed by atoms with E-state index in [4.69, 9.17) is 9.83 Å². The number of benzene rings is 5. The largest absolute Gasteiger partial charge is 0.460 e. The Morgan fingerprint density at radius 2 is 1.33 bits per heavy atom. The fourth-order valence-corrected chi connectivity index (χ4v) is 7.46. The zero-order valence-corrected chi connectivity index (χ0v) is 33.0. The summed E-state index contributed by atoms with van der Waals surface area (Å²) in [5.74, 6) is 1.00. The second kappa shape index (κ2) is 19.4. The normalized spacial score (nSPS) is 11.7. The van der Waals surface area contributed by atoms with Gasteiger partial charge in [-0.05, 0) is 78.4 Å². The zero-order valence-electron chi connectivity index (χ0n) is 32.1. The maximum absolute atomic E-state index is 8.90. The molecule has 8 rings (SSSR count). The van der Waals surface area contributed by atoms with E-state index in [9.17, 15) is 0 Å². The van der Waals surface area contributed by atoms with Crippen LogP contribution in [0.15, 0.2) is 144 Å². The van der Waals surface area contributed by atoms with Gasteiger partial charge in [0, 0.05) is 43.1 Å². The molecule has 5 aromatic carbocycles. The molecular formula is C49H53NOS. The van der Waals surface area contributed by atoms with E-state index in [0.717, 1.165) is 63.0 Å². The van der Waals surface area contributed by atoms with Crippen LogP contribution in [0, 0.1) is 12.3 Å². The van der Waals surface area contributed by atoms with Gasteiger partial charge in [-0.1, -0.05) is 157 Å². The van der Waals surface area contributed by atoms with E-state index in [1.807, 2.05) is 107 Å². The lowest BCUT2D eigenvalue weighted by Crippen LogP contribution is -2.08. The first-order valence-corrected chi connectivity index (χ1v) is 19.5. The summed E-state index contributed by atoms with van der Waals surface area (Å²) in [6.45, 7) is 20.1. The number of aryl methyl sites for hydroxylation is 2. The Hall–Kier alpha value is -5.25. The first-order chi connectivity index (χ1) is 25.5. The first kappa shape index (κ1) is 39.5. The lowest BCUT2D eigenvalue weighted by molar-refractivity contribution is 0.545.